The summed E-state index contributed by atoms with van der Waals surface area (Å²) in [5.41, 5.74) is 0. The summed E-state index contributed by atoms with van der Waals surface area (Å²) in [6.07, 6.45) is 80.5. The zero-order chi connectivity index (χ0) is 57.9. The fourth-order valence-electron chi connectivity index (χ4n) is 8.48. The second kappa shape index (κ2) is 57.6. The number of phosphoric ester groups is 1. The van der Waals surface area contributed by atoms with E-state index in [-0.39, 0.29) is 31.5 Å². The molecule has 0 aromatic carbocycles. The van der Waals surface area contributed by atoms with Crippen molar-refractivity contribution in [2.24, 2.45) is 0 Å². The molecule has 2 N–H and O–H groups in total. The highest BCUT2D eigenvalue weighted by Crippen LogP contribution is 2.43. The molecule has 0 bridgehead atoms. The minimum Gasteiger partial charge on any atom is -0.456 e. The van der Waals surface area contributed by atoms with Crippen molar-refractivity contribution >= 4 is 19.7 Å². The van der Waals surface area contributed by atoms with Gasteiger partial charge in [-0.2, -0.15) is 0 Å². The molecule has 0 heterocycles. The molecule has 0 aliphatic rings. The first-order valence-electron chi connectivity index (χ1n) is 31.9. The van der Waals surface area contributed by atoms with E-state index >= 15 is 0 Å². The molecule has 79 heavy (non-hydrogen) atoms. The van der Waals surface area contributed by atoms with Gasteiger partial charge in [-0.05, 0) is 122 Å². The second-order valence-electron chi connectivity index (χ2n) is 22.2. The quantitative estimate of drug-likeness (QED) is 0.0205. The third kappa shape index (κ3) is 58.9. The lowest BCUT2D eigenvalue weighted by molar-refractivity contribution is -0.870. The molecule has 0 aromatic rings. The van der Waals surface area contributed by atoms with Crippen LogP contribution in [0, 0.1) is 0 Å². The van der Waals surface area contributed by atoms with Gasteiger partial charge in [0.05, 0.1) is 33.8 Å². The third-order valence-corrected chi connectivity index (χ3v) is 14.4. The molecule has 0 aliphatic heterocycles. The maximum absolute atomic E-state index is 13.6. The average Bonchev–Trinajstić information content (AvgIpc) is 3.41. The molecule has 0 aliphatic carbocycles. The van der Waals surface area contributed by atoms with Gasteiger partial charge >= 0.3 is 13.8 Å². The Hall–Kier alpha value is -3.59. The van der Waals surface area contributed by atoms with Gasteiger partial charge in [-0.1, -0.05) is 239 Å². The van der Waals surface area contributed by atoms with Gasteiger partial charge in [0, 0.05) is 12.8 Å². The van der Waals surface area contributed by atoms with Crippen molar-refractivity contribution in [1.29, 1.82) is 0 Å². The number of hydrogen-bond acceptors (Lipinski definition) is 6. The fraction of sp³-hybridized carbons (Fsp3) is 0.681. The summed E-state index contributed by atoms with van der Waals surface area (Å²) in [5.74, 6) is -0.556. The van der Waals surface area contributed by atoms with Crippen LogP contribution in [-0.2, 0) is 27.9 Å². The lowest BCUT2D eigenvalue weighted by atomic mass is 10.1. The van der Waals surface area contributed by atoms with Crippen LogP contribution in [0.25, 0.3) is 0 Å². The summed E-state index contributed by atoms with van der Waals surface area (Å²) in [7, 11) is 1.45. The standard InChI is InChI=1S/C69H119N2O7P/c1-7-10-13-16-19-22-25-27-29-31-33-35-37-39-41-43-46-49-52-55-58-61-68(72)70-66(65-77-79(74,75)76-64-63-71(4,5)6)67(60-57-54-51-48-45-24-21-18-15-12-9-3)78-69(73)62-59-56-53-50-47-44-42-40-38-36-34-32-30-28-26-23-20-17-14-11-8-2/h10,13,19-20,22-23,27-30,33-36,39-42,57,60,66-67H,7-9,11-12,14-18,21,24-26,31-32,37-38,43-56,58-59,61-65H2,1-6H3,(H-,70,72,74,75)/p+1/b13-10-,22-19-,23-20-,29-27-,30-28-,35-33-,36-34-,41-39-,42-40-,60-57+. The van der Waals surface area contributed by atoms with Crippen LogP contribution in [0.2, 0.25) is 0 Å². The highest BCUT2D eigenvalue weighted by atomic mass is 31.2. The number of carbonyl (C=O) groups is 2. The van der Waals surface area contributed by atoms with Gasteiger partial charge in [-0.25, -0.2) is 4.57 Å². The number of nitrogens with zero attached hydrogens (tertiary/aromatic N) is 1. The van der Waals surface area contributed by atoms with Crippen molar-refractivity contribution in [2.45, 2.75) is 264 Å². The van der Waals surface area contributed by atoms with Crippen molar-refractivity contribution in [1.82, 2.24) is 5.32 Å². The van der Waals surface area contributed by atoms with Crippen LogP contribution in [-0.4, -0.2) is 74.3 Å². The Morgan fingerprint density at radius 1 is 0.456 bits per heavy atom. The Balaban J connectivity index is 5.28. The van der Waals surface area contributed by atoms with Gasteiger partial charge in [-0.15, -0.1) is 0 Å². The molecule has 3 atom stereocenters. The number of quaternary nitrogens is 1. The van der Waals surface area contributed by atoms with Crippen molar-refractivity contribution < 1.29 is 37.3 Å². The maximum Gasteiger partial charge on any atom is 0.472 e. The molecule has 0 radical (unpaired) electrons. The van der Waals surface area contributed by atoms with E-state index in [0.717, 1.165) is 141 Å². The number of amides is 1. The molecule has 0 aromatic heterocycles. The molecule has 3 unspecified atom stereocenters. The minimum atomic E-state index is -4.47. The van der Waals surface area contributed by atoms with Gasteiger partial charge in [-0.3, -0.25) is 18.6 Å². The van der Waals surface area contributed by atoms with Gasteiger partial charge in [0.15, 0.2) is 0 Å². The van der Waals surface area contributed by atoms with Crippen LogP contribution >= 0.6 is 7.82 Å². The van der Waals surface area contributed by atoms with Gasteiger partial charge < -0.3 is 19.4 Å². The normalized spacial score (nSPS) is 14.5. The van der Waals surface area contributed by atoms with Crippen LogP contribution in [0.1, 0.15) is 252 Å². The van der Waals surface area contributed by atoms with E-state index in [9.17, 15) is 19.0 Å². The highest BCUT2D eigenvalue weighted by Gasteiger charge is 2.30. The molecule has 452 valence electrons. The molecule has 0 fully saturated rings. The number of carbonyl (C=O) groups excluding carboxylic acids is 2. The summed E-state index contributed by atoms with van der Waals surface area (Å²) in [6.45, 7) is 6.82. The molecule has 1 amide bonds. The number of rotatable bonds is 56. The summed E-state index contributed by atoms with van der Waals surface area (Å²) in [6, 6.07) is -0.875. The Kier molecular flexibility index (Phi) is 55.0. The van der Waals surface area contributed by atoms with Crippen LogP contribution < -0.4 is 5.32 Å². The van der Waals surface area contributed by atoms with E-state index in [4.69, 9.17) is 13.8 Å². The average molecular weight is 1120 g/mol. The molecular formula is C69H120N2O7P+. The Morgan fingerprint density at radius 3 is 1.24 bits per heavy atom. The van der Waals surface area contributed by atoms with Crippen LogP contribution in [0.4, 0.5) is 0 Å². The number of esters is 1. The third-order valence-electron chi connectivity index (χ3n) is 13.4. The Morgan fingerprint density at radius 2 is 0.810 bits per heavy atom. The number of allylic oxidation sites excluding steroid dienone is 19. The molecule has 0 saturated heterocycles. The van der Waals surface area contributed by atoms with Crippen LogP contribution in [0.3, 0.4) is 0 Å². The molecule has 0 rings (SSSR count). The first-order valence-corrected chi connectivity index (χ1v) is 33.4. The van der Waals surface area contributed by atoms with Crippen molar-refractivity contribution in [2.75, 3.05) is 40.9 Å². The van der Waals surface area contributed by atoms with E-state index in [0.29, 0.717) is 23.9 Å². The van der Waals surface area contributed by atoms with Crippen LogP contribution in [0.5, 0.6) is 0 Å². The molecule has 0 saturated carbocycles. The maximum atomic E-state index is 13.6. The van der Waals surface area contributed by atoms with E-state index in [1.165, 1.54) is 70.6 Å². The zero-order valence-electron chi connectivity index (χ0n) is 51.6. The molecule has 9 nitrogen and oxygen atoms in total. The van der Waals surface area contributed by atoms with E-state index in [2.05, 4.69) is 135 Å². The zero-order valence-corrected chi connectivity index (χ0v) is 52.5. The Labute approximate surface area is 486 Å². The number of hydrogen-bond donors (Lipinski definition) is 2. The molecule has 10 heteroatoms. The number of unbranched alkanes of at least 4 members (excludes halogenated alkanes) is 22. The van der Waals surface area contributed by atoms with Crippen molar-refractivity contribution in [3.8, 4) is 0 Å². The van der Waals surface area contributed by atoms with Gasteiger partial charge in [0.25, 0.3) is 0 Å². The van der Waals surface area contributed by atoms with Crippen molar-refractivity contribution in [3.63, 3.8) is 0 Å². The topological polar surface area (TPSA) is 111 Å². The molecule has 0 spiro atoms. The summed E-state index contributed by atoms with van der Waals surface area (Å²) in [4.78, 5) is 37.7. The summed E-state index contributed by atoms with van der Waals surface area (Å²) >= 11 is 0. The SMILES string of the molecule is CC/C=C\C/C=C\C/C=C\C/C=C\C/C=C\CCCCCCCC(=O)NC(COP(=O)(O)OCC[N+](C)(C)C)C(/C=C/CCCCCCCCCCC)OC(=O)CCCCCCC/C=C\C/C=C\C/C=C\C/C=C\CCCCC. The lowest BCUT2D eigenvalue weighted by Gasteiger charge is -2.27. The van der Waals surface area contributed by atoms with Crippen LogP contribution in [0.15, 0.2) is 122 Å². The minimum absolute atomic E-state index is 0.0260. The summed E-state index contributed by atoms with van der Waals surface area (Å²) in [5, 5.41) is 3.04. The largest absolute Gasteiger partial charge is 0.472 e. The highest BCUT2D eigenvalue weighted by molar-refractivity contribution is 7.47. The number of nitrogens with one attached hydrogen (secondary N) is 1. The summed E-state index contributed by atoms with van der Waals surface area (Å²) < 4.78 is 30.7. The van der Waals surface area contributed by atoms with Gasteiger partial charge in [0.2, 0.25) is 5.91 Å². The first kappa shape index (κ1) is 75.4. The first-order chi connectivity index (χ1) is 38.4. The molecular weight excluding hydrogens is 1000 g/mol. The van der Waals surface area contributed by atoms with Gasteiger partial charge in [0.1, 0.15) is 19.3 Å². The smallest absolute Gasteiger partial charge is 0.456 e. The second-order valence-corrected chi connectivity index (χ2v) is 23.6. The lowest BCUT2D eigenvalue weighted by Crippen LogP contribution is -2.47. The van der Waals surface area contributed by atoms with Crippen molar-refractivity contribution in [3.05, 3.63) is 122 Å². The number of likely N-dealkylation sites (N-methyl/N-ethyl adjacent to an activating group) is 1. The number of phosphoric acid groups is 1. The predicted molar refractivity (Wildman–Crippen MR) is 341 cm³/mol. The van der Waals surface area contributed by atoms with E-state index in [1.54, 1.807) is 0 Å². The van der Waals surface area contributed by atoms with E-state index in [1.807, 2.05) is 33.3 Å². The van der Waals surface area contributed by atoms with E-state index < -0.39 is 20.0 Å². The number of ether oxygens (including phenoxy) is 1. The predicted octanol–water partition coefficient (Wildman–Crippen LogP) is 19.9. The fourth-order valence-corrected chi connectivity index (χ4v) is 9.21. The Bertz CT molecular complexity index is 1770. The monoisotopic (exact) mass is 1120 g/mol.